The Bertz CT molecular complexity index is 1220. The van der Waals surface area contributed by atoms with Crippen molar-refractivity contribution in [2.75, 3.05) is 17.2 Å². The van der Waals surface area contributed by atoms with Crippen molar-refractivity contribution >= 4 is 39.9 Å². The van der Waals surface area contributed by atoms with E-state index >= 15 is 0 Å². The van der Waals surface area contributed by atoms with Gasteiger partial charge in [-0.15, -0.1) is 11.3 Å². The number of cyclic esters (lactones) is 1. The van der Waals surface area contributed by atoms with Crippen LogP contribution in [-0.2, 0) is 9.47 Å². The van der Waals surface area contributed by atoms with Gasteiger partial charge in [-0.2, -0.15) is 0 Å². The third-order valence-corrected chi connectivity index (χ3v) is 6.40. The Morgan fingerprint density at radius 1 is 1.09 bits per heavy atom. The number of para-hydroxylation sites is 1. The predicted molar refractivity (Wildman–Crippen MR) is 122 cm³/mol. The maximum Gasteiger partial charge on any atom is 0.341 e. The number of carbonyl (C=O) groups excluding carboxylic acids is 3. The monoisotopic (exact) mass is 450 g/mol. The average molecular weight is 451 g/mol. The Balaban J connectivity index is 1.69. The van der Waals surface area contributed by atoms with Crippen LogP contribution in [0.2, 0.25) is 0 Å². The van der Waals surface area contributed by atoms with Gasteiger partial charge in [0, 0.05) is 11.3 Å². The van der Waals surface area contributed by atoms with Crippen LogP contribution >= 0.6 is 11.3 Å². The summed E-state index contributed by atoms with van der Waals surface area (Å²) in [4.78, 5) is 38.3. The second kappa shape index (κ2) is 8.84. The van der Waals surface area contributed by atoms with Crippen molar-refractivity contribution in [2.45, 2.75) is 27.0 Å². The summed E-state index contributed by atoms with van der Waals surface area (Å²) in [7, 11) is 0. The number of fused-ring (bicyclic) bond motifs is 1. The van der Waals surface area contributed by atoms with Gasteiger partial charge < -0.3 is 20.1 Å². The molecule has 3 aromatic rings. The molecule has 7 nitrogen and oxygen atoms in total. The van der Waals surface area contributed by atoms with E-state index in [1.54, 1.807) is 32.0 Å². The summed E-state index contributed by atoms with van der Waals surface area (Å²) in [5.74, 6) is -1.32. The molecule has 1 aliphatic heterocycles. The lowest BCUT2D eigenvalue weighted by molar-refractivity contribution is 0.0437. The van der Waals surface area contributed by atoms with Crippen molar-refractivity contribution in [1.29, 1.82) is 0 Å². The number of ether oxygens (including phenoxy) is 2. The number of thiophene rings is 1. The van der Waals surface area contributed by atoms with Gasteiger partial charge in [-0.1, -0.05) is 36.4 Å². The van der Waals surface area contributed by atoms with E-state index in [-0.39, 0.29) is 18.1 Å². The Morgan fingerprint density at radius 2 is 1.81 bits per heavy atom. The maximum atomic E-state index is 13.1. The first-order valence-corrected chi connectivity index (χ1v) is 11.0. The molecule has 0 bridgehead atoms. The Labute approximate surface area is 189 Å². The summed E-state index contributed by atoms with van der Waals surface area (Å²) in [6, 6.07) is 14.5. The second-order valence-corrected chi connectivity index (χ2v) is 8.29. The second-order valence-electron chi connectivity index (χ2n) is 7.27. The van der Waals surface area contributed by atoms with Crippen molar-refractivity contribution < 1.29 is 23.9 Å². The summed E-state index contributed by atoms with van der Waals surface area (Å²) in [6.45, 7) is 5.52. The summed E-state index contributed by atoms with van der Waals surface area (Å²) in [5, 5.41) is 6.43. The van der Waals surface area contributed by atoms with E-state index in [0.29, 0.717) is 32.3 Å². The van der Waals surface area contributed by atoms with Gasteiger partial charge in [0.2, 0.25) is 6.23 Å². The molecule has 164 valence electrons. The topological polar surface area (TPSA) is 93.7 Å². The third-order valence-electron chi connectivity index (χ3n) is 5.18. The van der Waals surface area contributed by atoms with Crippen LogP contribution in [0.1, 0.15) is 60.2 Å². The molecule has 1 aromatic heterocycles. The molecule has 8 heteroatoms. The largest absolute Gasteiger partial charge is 0.462 e. The first kappa shape index (κ1) is 21.6. The van der Waals surface area contributed by atoms with E-state index in [2.05, 4.69) is 10.6 Å². The number of nitrogens with one attached hydrogen (secondary N) is 2. The first-order valence-electron chi connectivity index (χ1n) is 10.1. The number of anilines is 2. The van der Waals surface area contributed by atoms with Crippen LogP contribution < -0.4 is 10.6 Å². The molecule has 32 heavy (non-hydrogen) atoms. The molecule has 2 heterocycles. The van der Waals surface area contributed by atoms with Crippen LogP contribution in [0, 0.1) is 13.8 Å². The van der Waals surface area contributed by atoms with Gasteiger partial charge in [0.15, 0.2) is 0 Å². The fourth-order valence-corrected chi connectivity index (χ4v) is 4.65. The molecule has 0 aliphatic carbocycles. The Hall–Kier alpha value is -3.65. The summed E-state index contributed by atoms with van der Waals surface area (Å²) in [6.07, 6.45) is -0.766. The van der Waals surface area contributed by atoms with Crippen molar-refractivity contribution in [1.82, 2.24) is 0 Å². The van der Waals surface area contributed by atoms with Gasteiger partial charge in [0.05, 0.1) is 22.6 Å². The Morgan fingerprint density at radius 3 is 2.56 bits per heavy atom. The van der Waals surface area contributed by atoms with Crippen molar-refractivity contribution in [3.05, 3.63) is 81.2 Å². The van der Waals surface area contributed by atoms with Gasteiger partial charge in [-0.3, -0.25) is 4.79 Å². The number of benzene rings is 2. The van der Waals surface area contributed by atoms with Crippen LogP contribution in [0.4, 0.5) is 10.7 Å². The molecule has 0 radical (unpaired) electrons. The smallest absolute Gasteiger partial charge is 0.341 e. The molecule has 2 aromatic carbocycles. The van der Waals surface area contributed by atoms with Gasteiger partial charge in [0.1, 0.15) is 5.00 Å². The van der Waals surface area contributed by atoms with Crippen LogP contribution in [0.25, 0.3) is 0 Å². The molecular formula is C24H22N2O5S. The van der Waals surface area contributed by atoms with Crippen LogP contribution in [0.5, 0.6) is 0 Å². The first-order chi connectivity index (χ1) is 15.4. The molecule has 0 spiro atoms. The highest BCUT2D eigenvalue weighted by Crippen LogP contribution is 2.39. The third kappa shape index (κ3) is 3.97. The van der Waals surface area contributed by atoms with Gasteiger partial charge in [-0.25, -0.2) is 9.59 Å². The number of esters is 2. The zero-order valence-corrected chi connectivity index (χ0v) is 18.7. The molecule has 1 atom stereocenters. The standard InChI is InChI=1S/C24H22N2O5S/c1-4-30-24(29)18-14(3)19(20(27)25-17-12-8-5-9-13(17)2)32-22(18)26-21-15-10-6-7-11-16(15)23(28)31-21/h5-12,21,26H,4H2,1-3H3,(H,25,27)/t21-/m0/s1. The SMILES string of the molecule is CCOC(=O)c1c(N[C@H]2OC(=O)c3ccccc32)sc(C(=O)Nc2ccccc2C)c1C. The molecule has 0 saturated carbocycles. The number of aryl methyl sites for hydroxylation is 1. The minimum absolute atomic E-state index is 0.194. The highest BCUT2D eigenvalue weighted by atomic mass is 32.1. The predicted octanol–water partition coefficient (Wildman–Crippen LogP) is 5.08. The zero-order valence-electron chi connectivity index (χ0n) is 17.9. The normalized spacial score (nSPS) is 14.5. The van der Waals surface area contributed by atoms with Crippen LogP contribution in [0.15, 0.2) is 48.5 Å². The number of carbonyl (C=O) groups is 3. The van der Waals surface area contributed by atoms with Gasteiger partial charge in [-0.05, 0) is 44.0 Å². The lowest BCUT2D eigenvalue weighted by atomic mass is 10.1. The molecular weight excluding hydrogens is 428 g/mol. The molecule has 0 saturated heterocycles. The van der Waals surface area contributed by atoms with Crippen LogP contribution in [0.3, 0.4) is 0 Å². The molecule has 0 fully saturated rings. The number of rotatable bonds is 6. The molecule has 1 amide bonds. The quantitative estimate of drug-likeness (QED) is 0.509. The lowest BCUT2D eigenvalue weighted by Crippen LogP contribution is -2.14. The summed E-state index contributed by atoms with van der Waals surface area (Å²) in [5.41, 5.74) is 3.51. The van der Waals surface area contributed by atoms with Crippen molar-refractivity contribution in [3.8, 4) is 0 Å². The highest BCUT2D eigenvalue weighted by molar-refractivity contribution is 7.18. The summed E-state index contributed by atoms with van der Waals surface area (Å²) >= 11 is 1.12. The van der Waals surface area contributed by atoms with E-state index in [9.17, 15) is 14.4 Å². The minimum atomic E-state index is -0.766. The summed E-state index contributed by atoms with van der Waals surface area (Å²) < 4.78 is 10.7. The number of amides is 1. The van der Waals surface area contributed by atoms with E-state index in [1.807, 2.05) is 37.3 Å². The molecule has 4 rings (SSSR count). The molecule has 1 aliphatic rings. The fourth-order valence-electron chi connectivity index (χ4n) is 3.54. The van der Waals surface area contributed by atoms with E-state index in [0.717, 1.165) is 16.9 Å². The average Bonchev–Trinajstić information content (AvgIpc) is 3.27. The Kier molecular flexibility index (Phi) is 5.96. The highest BCUT2D eigenvalue weighted by Gasteiger charge is 2.33. The molecule has 2 N–H and O–H groups in total. The van der Waals surface area contributed by atoms with Crippen molar-refractivity contribution in [2.24, 2.45) is 0 Å². The fraction of sp³-hybridized carbons (Fsp3) is 0.208. The number of hydrogen-bond acceptors (Lipinski definition) is 7. The van der Waals surface area contributed by atoms with Gasteiger partial charge in [0.25, 0.3) is 5.91 Å². The lowest BCUT2D eigenvalue weighted by Gasteiger charge is -2.14. The van der Waals surface area contributed by atoms with Crippen molar-refractivity contribution in [3.63, 3.8) is 0 Å². The van der Waals surface area contributed by atoms with Crippen LogP contribution in [-0.4, -0.2) is 24.5 Å². The van der Waals surface area contributed by atoms with E-state index in [4.69, 9.17) is 9.47 Å². The van der Waals surface area contributed by atoms with E-state index in [1.165, 1.54) is 0 Å². The molecule has 0 unspecified atom stereocenters. The maximum absolute atomic E-state index is 13.1. The van der Waals surface area contributed by atoms with Gasteiger partial charge >= 0.3 is 11.9 Å². The number of hydrogen-bond donors (Lipinski definition) is 2. The zero-order chi connectivity index (χ0) is 22.8. The minimum Gasteiger partial charge on any atom is -0.462 e. The van der Waals surface area contributed by atoms with E-state index < -0.39 is 18.2 Å².